The van der Waals surface area contributed by atoms with E-state index in [1.807, 2.05) is 0 Å². The maximum absolute atomic E-state index is 3.48. The minimum absolute atomic E-state index is 0.888. The lowest BCUT2D eigenvalue weighted by Crippen LogP contribution is -2.36. The number of hydrogen-bond donors (Lipinski definition) is 1. The van der Waals surface area contributed by atoms with Crippen LogP contribution in [0.2, 0.25) is 0 Å². The molecule has 2 rings (SSSR count). The minimum Gasteiger partial charge on any atom is -0.317 e. The Morgan fingerprint density at radius 1 is 1.05 bits per heavy atom. The number of nitrogens with zero attached hydrogens (tertiary/aromatic N) is 1. The molecule has 0 unspecified atom stereocenters. The number of aryl methyl sites for hydroxylation is 1. The van der Waals surface area contributed by atoms with Crippen molar-refractivity contribution in [1.82, 2.24) is 10.2 Å². The molecule has 0 bridgehead atoms. The fourth-order valence-electron chi connectivity index (χ4n) is 2.84. The Morgan fingerprint density at radius 2 is 1.68 bits per heavy atom. The van der Waals surface area contributed by atoms with Gasteiger partial charge in [-0.15, -0.1) is 0 Å². The number of nitrogens with one attached hydrogen (secondary N) is 1. The van der Waals surface area contributed by atoms with Crippen LogP contribution in [0.4, 0.5) is 0 Å². The van der Waals surface area contributed by atoms with Crippen LogP contribution >= 0.6 is 0 Å². The molecule has 0 radical (unpaired) electrons. The van der Waals surface area contributed by atoms with Gasteiger partial charge < -0.3 is 5.32 Å². The van der Waals surface area contributed by atoms with E-state index in [9.17, 15) is 0 Å². The van der Waals surface area contributed by atoms with E-state index in [-0.39, 0.29) is 0 Å². The summed E-state index contributed by atoms with van der Waals surface area (Å²) in [4.78, 5) is 2.60. The van der Waals surface area contributed by atoms with E-state index >= 15 is 0 Å². The van der Waals surface area contributed by atoms with Crippen molar-refractivity contribution in [3.8, 4) is 0 Å². The van der Waals surface area contributed by atoms with Crippen LogP contribution < -0.4 is 5.32 Å². The highest BCUT2D eigenvalue weighted by Crippen LogP contribution is 2.18. The van der Waals surface area contributed by atoms with Gasteiger partial charge in [0.2, 0.25) is 0 Å². The topological polar surface area (TPSA) is 15.3 Å². The molecule has 1 aromatic carbocycles. The average Bonchev–Trinajstić information content (AvgIpc) is 2.47. The van der Waals surface area contributed by atoms with Crippen molar-refractivity contribution in [2.45, 2.75) is 39.7 Å². The molecule has 1 saturated heterocycles. The number of hydrogen-bond acceptors (Lipinski definition) is 2. The smallest absolute Gasteiger partial charge is 0.0233 e. The van der Waals surface area contributed by atoms with Crippen LogP contribution in [0.15, 0.2) is 24.3 Å². The van der Waals surface area contributed by atoms with Crippen LogP contribution in [0, 0.1) is 5.92 Å². The summed E-state index contributed by atoms with van der Waals surface area (Å²) >= 11 is 0. The maximum Gasteiger partial charge on any atom is 0.0233 e. The van der Waals surface area contributed by atoms with Gasteiger partial charge in [-0.25, -0.2) is 0 Å². The second-order valence-corrected chi connectivity index (χ2v) is 5.70. The zero-order valence-corrected chi connectivity index (χ0v) is 12.5. The molecular formula is C17H28N2. The Labute approximate surface area is 118 Å². The first-order chi connectivity index (χ1) is 9.31. The fraction of sp³-hybridized carbons (Fsp3) is 0.647. The third-order valence-corrected chi connectivity index (χ3v) is 4.23. The van der Waals surface area contributed by atoms with Crippen LogP contribution in [-0.4, -0.2) is 31.1 Å². The highest BCUT2D eigenvalue weighted by Gasteiger charge is 2.18. The van der Waals surface area contributed by atoms with E-state index in [4.69, 9.17) is 0 Å². The quantitative estimate of drug-likeness (QED) is 0.845. The molecule has 0 saturated carbocycles. The maximum atomic E-state index is 3.48. The SMILES string of the molecule is CCNCC1CCN(Cc2ccc(CC)cc2)CC1. The van der Waals surface area contributed by atoms with Crippen LogP contribution in [0.3, 0.4) is 0 Å². The second-order valence-electron chi connectivity index (χ2n) is 5.70. The number of rotatable bonds is 6. The van der Waals surface area contributed by atoms with Crippen molar-refractivity contribution in [3.05, 3.63) is 35.4 Å². The van der Waals surface area contributed by atoms with E-state index in [1.54, 1.807) is 0 Å². The van der Waals surface area contributed by atoms with E-state index in [1.165, 1.54) is 43.6 Å². The molecule has 106 valence electrons. The van der Waals surface area contributed by atoms with Gasteiger partial charge in [0.25, 0.3) is 0 Å². The fourth-order valence-corrected chi connectivity index (χ4v) is 2.84. The molecule has 0 spiro atoms. The van der Waals surface area contributed by atoms with Crippen molar-refractivity contribution in [1.29, 1.82) is 0 Å². The summed E-state index contributed by atoms with van der Waals surface area (Å²) < 4.78 is 0. The molecule has 2 heteroatoms. The average molecular weight is 260 g/mol. The van der Waals surface area contributed by atoms with Crippen molar-refractivity contribution in [3.63, 3.8) is 0 Å². The van der Waals surface area contributed by atoms with Gasteiger partial charge >= 0.3 is 0 Å². The van der Waals surface area contributed by atoms with E-state index in [0.717, 1.165) is 25.4 Å². The third-order valence-electron chi connectivity index (χ3n) is 4.23. The monoisotopic (exact) mass is 260 g/mol. The lowest BCUT2D eigenvalue weighted by molar-refractivity contribution is 0.176. The van der Waals surface area contributed by atoms with Gasteiger partial charge in [-0.3, -0.25) is 4.90 Å². The van der Waals surface area contributed by atoms with Crippen molar-refractivity contribution in [2.24, 2.45) is 5.92 Å². The highest BCUT2D eigenvalue weighted by molar-refractivity contribution is 5.22. The Balaban J connectivity index is 1.75. The lowest BCUT2D eigenvalue weighted by Gasteiger charge is -2.32. The van der Waals surface area contributed by atoms with Gasteiger partial charge in [0.15, 0.2) is 0 Å². The molecule has 0 atom stereocenters. The van der Waals surface area contributed by atoms with Crippen LogP contribution in [0.25, 0.3) is 0 Å². The van der Waals surface area contributed by atoms with Crippen LogP contribution in [0.1, 0.15) is 37.8 Å². The molecule has 0 amide bonds. The summed E-state index contributed by atoms with van der Waals surface area (Å²) in [7, 11) is 0. The van der Waals surface area contributed by atoms with Gasteiger partial charge in [-0.2, -0.15) is 0 Å². The summed E-state index contributed by atoms with van der Waals surface area (Å²) in [5.41, 5.74) is 2.90. The predicted molar refractivity (Wildman–Crippen MR) is 82.4 cm³/mol. The standard InChI is InChI=1S/C17H28N2/c1-3-15-5-7-17(8-6-15)14-19-11-9-16(10-12-19)13-18-4-2/h5-8,16,18H,3-4,9-14H2,1-2H3. The van der Waals surface area contributed by atoms with Gasteiger partial charge in [0.1, 0.15) is 0 Å². The Bertz CT molecular complexity index is 350. The number of likely N-dealkylation sites (tertiary alicyclic amines) is 1. The molecule has 0 aromatic heterocycles. The summed E-state index contributed by atoms with van der Waals surface area (Å²) in [6.45, 7) is 10.3. The normalized spacial score (nSPS) is 17.8. The van der Waals surface area contributed by atoms with E-state index < -0.39 is 0 Å². The highest BCUT2D eigenvalue weighted by atomic mass is 15.1. The summed E-state index contributed by atoms with van der Waals surface area (Å²) in [5, 5.41) is 3.48. The minimum atomic E-state index is 0.888. The van der Waals surface area contributed by atoms with Crippen LogP contribution in [-0.2, 0) is 13.0 Å². The molecule has 1 N–H and O–H groups in total. The molecule has 1 heterocycles. The Hall–Kier alpha value is -0.860. The zero-order valence-electron chi connectivity index (χ0n) is 12.5. The van der Waals surface area contributed by atoms with Crippen molar-refractivity contribution < 1.29 is 0 Å². The van der Waals surface area contributed by atoms with Crippen molar-refractivity contribution in [2.75, 3.05) is 26.2 Å². The molecule has 2 nitrogen and oxygen atoms in total. The molecule has 1 aliphatic rings. The molecule has 0 aliphatic carbocycles. The number of benzene rings is 1. The molecular weight excluding hydrogens is 232 g/mol. The number of piperidine rings is 1. The first kappa shape index (κ1) is 14.5. The summed E-state index contributed by atoms with van der Waals surface area (Å²) in [6, 6.07) is 9.13. The molecule has 1 aliphatic heterocycles. The lowest BCUT2D eigenvalue weighted by atomic mass is 9.96. The van der Waals surface area contributed by atoms with Gasteiger partial charge in [0.05, 0.1) is 0 Å². The predicted octanol–water partition coefficient (Wildman–Crippen LogP) is 3.07. The second kappa shape index (κ2) is 7.66. The van der Waals surface area contributed by atoms with Crippen molar-refractivity contribution >= 4 is 0 Å². The third kappa shape index (κ3) is 4.63. The molecule has 19 heavy (non-hydrogen) atoms. The van der Waals surface area contributed by atoms with E-state index in [0.29, 0.717) is 0 Å². The first-order valence-electron chi connectivity index (χ1n) is 7.82. The van der Waals surface area contributed by atoms with Gasteiger partial charge in [-0.05, 0) is 62.5 Å². The van der Waals surface area contributed by atoms with E-state index in [2.05, 4.69) is 48.3 Å². The molecule has 1 fully saturated rings. The van der Waals surface area contributed by atoms with Gasteiger partial charge in [0, 0.05) is 6.54 Å². The van der Waals surface area contributed by atoms with Gasteiger partial charge in [-0.1, -0.05) is 38.1 Å². The Kier molecular flexibility index (Phi) is 5.87. The molecule has 1 aromatic rings. The van der Waals surface area contributed by atoms with Crippen LogP contribution in [0.5, 0.6) is 0 Å². The summed E-state index contributed by atoms with van der Waals surface area (Å²) in [6.07, 6.45) is 3.83. The zero-order chi connectivity index (χ0) is 13.5. The Morgan fingerprint density at radius 3 is 2.26 bits per heavy atom. The first-order valence-corrected chi connectivity index (χ1v) is 7.82. The summed E-state index contributed by atoms with van der Waals surface area (Å²) in [5.74, 6) is 0.888. The largest absolute Gasteiger partial charge is 0.317 e.